The molecule has 0 fully saturated rings. The molecule has 1 atom stereocenters. The van der Waals surface area contributed by atoms with Crippen LogP contribution in [0.3, 0.4) is 0 Å². The van der Waals surface area contributed by atoms with Crippen LogP contribution in [0.1, 0.15) is 32.3 Å². The molecule has 0 saturated heterocycles. The second-order valence-corrected chi connectivity index (χ2v) is 3.76. The molecule has 1 aromatic heterocycles. The van der Waals surface area contributed by atoms with E-state index in [2.05, 4.69) is 29.8 Å². The van der Waals surface area contributed by atoms with E-state index in [1.807, 2.05) is 13.1 Å². The summed E-state index contributed by atoms with van der Waals surface area (Å²) in [6, 6.07) is 6.13. The quantitative estimate of drug-likeness (QED) is 0.755. The molecule has 1 rings (SSSR count). The Hall–Kier alpha value is -1.56. The van der Waals surface area contributed by atoms with Crippen molar-refractivity contribution in [3.8, 4) is 6.07 Å². The number of nitrogens with zero attached hydrogens (tertiary/aromatic N) is 3. The van der Waals surface area contributed by atoms with E-state index in [-0.39, 0.29) is 0 Å². The van der Waals surface area contributed by atoms with Crippen molar-refractivity contribution in [1.29, 1.82) is 5.26 Å². The molecular weight excluding hydrogens is 186 g/mol. The van der Waals surface area contributed by atoms with Gasteiger partial charge in [-0.05, 0) is 25.5 Å². The van der Waals surface area contributed by atoms with E-state index in [0.29, 0.717) is 11.6 Å². The highest BCUT2D eigenvalue weighted by Crippen LogP contribution is 2.15. The van der Waals surface area contributed by atoms with Crippen LogP contribution in [0.2, 0.25) is 0 Å². The maximum absolute atomic E-state index is 8.79. The van der Waals surface area contributed by atoms with Gasteiger partial charge in [-0.25, -0.2) is 4.98 Å². The highest BCUT2D eigenvalue weighted by molar-refractivity contribution is 5.44. The molecule has 1 aromatic rings. The summed E-state index contributed by atoms with van der Waals surface area (Å²) < 4.78 is 0. The predicted octanol–water partition coefficient (Wildman–Crippen LogP) is 2.58. The fourth-order valence-corrected chi connectivity index (χ4v) is 1.52. The monoisotopic (exact) mass is 203 g/mol. The van der Waals surface area contributed by atoms with Crippen molar-refractivity contribution in [2.75, 3.05) is 11.9 Å². The average molecular weight is 203 g/mol. The fourth-order valence-electron chi connectivity index (χ4n) is 1.52. The molecule has 3 nitrogen and oxygen atoms in total. The molecule has 0 saturated carbocycles. The number of aromatic nitrogens is 1. The van der Waals surface area contributed by atoms with E-state index in [9.17, 15) is 0 Å². The van der Waals surface area contributed by atoms with Crippen molar-refractivity contribution < 1.29 is 0 Å². The first-order chi connectivity index (χ1) is 7.19. The van der Waals surface area contributed by atoms with Crippen molar-refractivity contribution in [3.05, 3.63) is 23.9 Å². The van der Waals surface area contributed by atoms with Crippen molar-refractivity contribution >= 4 is 5.82 Å². The maximum Gasteiger partial charge on any atom is 0.129 e. The first-order valence-corrected chi connectivity index (χ1v) is 5.28. The molecule has 0 aliphatic heterocycles. The van der Waals surface area contributed by atoms with Gasteiger partial charge in [-0.1, -0.05) is 13.3 Å². The second kappa shape index (κ2) is 5.35. The summed E-state index contributed by atoms with van der Waals surface area (Å²) in [6.45, 7) is 4.34. The van der Waals surface area contributed by atoms with E-state index in [4.69, 9.17) is 5.26 Å². The van der Waals surface area contributed by atoms with Gasteiger partial charge in [0.25, 0.3) is 0 Å². The minimum atomic E-state index is 0.455. The summed E-state index contributed by atoms with van der Waals surface area (Å²) in [4.78, 5) is 6.38. The Morgan fingerprint density at radius 2 is 2.33 bits per heavy atom. The zero-order valence-electron chi connectivity index (χ0n) is 9.57. The van der Waals surface area contributed by atoms with Crippen LogP contribution >= 0.6 is 0 Å². The van der Waals surface area contributed by atoms with Gasteiger partial charge in [0.2, 0.25) is 0 Å². The van der Waals surface area contributed by atoms with E-state index >= 15 is 0 Å². The lowest BCUT2D eigenvalue weighted by Gasteiger charge is -2.25. The predicted molar refractivity (Wildman–Crippen MR) is 61.7 cm³/mol. The molecule has 1 unspecified atom stereocenters. The van der Waals surface area contributed by atoms with Crippen LogP contribution < -0.4 is 4.90 Å². The summed E-state index contributed by atoms with van der Waals surface area (Å²) in [6.07, 6.45) is 3.97. The largest absolute Gasteiger partial charge is 0.357 e. The molecule has 0 aromatic carbocycles. The Morgan fingerprint density at radius 1 is 1.60 bits per heavy atom. The van der Waals surface area contributed by atoms with E-state index < -0.39 is 0 Å². The smallest absolute Gasteiger partial charge is 0.129 e. The summed E-state index contributed by atoms with van der Waals surface area (Å²) in [7, 11) is 2.02. The number of pyridine rings is 1. The summed E-state index contributed by atoms with van der Waals surface area (Å²) in [5, 5.41) is 8.79. The van der Waals surface area contributed by atoms with Gasteiger partial charge in [-0.2, -0.15) is 5.26 Å². The minimum absolute atomic E-state index is 0.455. The molecule has 1 heterocycles. The molecule has 0 spiro atoms. The van der Waals surface area contributed by atoms with E-state index in [1.54, 1.807) is 12.3 Å². The van der Waals surface area contributed by atoms with Crippen molar-refractivity contribution in [1.82, 2.24) is 4.98 Å². The van der Waals surface area contributed by atoms with Crippen LogP contribution in [0, 0.1) is 11.3 Å². The number of hydrogen-bond donors (Lipinski definition) is 0. The third-order valence-electron chi connectivity index (χ3n) is 2.60. The highest BCUT2D eigenvalue weighted by Gasteiger charge is 2.10. The Balaban J connectivity index is 2.82. The summed E-state index contributed by atoms with van der Waals surface area (Å²) in [5.74, 6) is 0.870. The third-order valence-corrected chi connectivity index (χ3v) is 2.60. The van der Waals surface area contributed by atoms with E-state index in [1.165, 1.54) is 0 Å². The number of hydrogen-bond acceptors (Lipinski definition) is 3. The summed E-state index contributed by atoms with van der Waals surface area (Å²) in [5.41, 5.74) is 0.663. The number of anilines is 1. The van der Waals surface area contributed by atoms with Gasteiger partial charge in [-0.15, -0.1) is 0 Å². The molecule has 3 heteroatoms. The maximum atomic E-state index is 8.79. The van der Waals surface area contributed by atoms with Crippen molar-refractivity contribution in [2.45, 2.75) is 32.7 Å². The van der Waals surface area contributed by atoms with Crippen LogP contribution in [0.4, 0.5) is 5.82 Å². The van der Waals surface area contributed by atoms with E-state index in [0.717, 1.165) is 18.7 Å². The number of rotatable bonds is 4. The van der Waals surface area contributed by atoms with Gasteiger partial charge in [0.05, 0.1) is 11.6 Å². The Labute approximate surface area is 91.4 Å². The van der Waals surface area contributed by atoms with Gasteiger partial charge >= 0.3 is 0 Å². The van der Waals surface area contributed by atoms with Crippen molar-refractivity contribution in [2.24, 2.45) is 0 Å². The third kappa shape index (κ3) is 2.95. The number of nitriles is 1. The lowest BCUT2D eigenvalue weighted by molar-refractivity contribution is 0.611. The fraction of sp³-hybridized carbons (Fsp3) is 0.500. The standard InChI is InChI=1S/C12H17N3/c1-4-5-10(2)15(3)12-8-11(9-13)6-7-14-12/h6-8,10H,4-5H2,1-3H3. The zero-order chi connectivity index (χ0) is 11.3. The van der Waals surface area contributed by atoms with Crippen LogP contribution in [-0.4, -0.2) is 18.1 Å². The molecule has 15 heavy (non-hydrogen) atoms. The molecule has 0 amide bonds. The Kier molecular flexibility index (Phi) is 4.11. The van der Waals surface area contributed by atoms with Crippen LogP contribution in [0.25, 0.3) is 0 Å². The molecule has 0 aliphatic carbocycles. The molecule has 0 N–H and O–H groups in total. The van der Waals surface area contributed by atoms with Gasteiger partial charge in [-0.3, -0.25) is 0 Å². The second-order valence-electron chi connectivity index (χ2n) is 3.76. The lowest BCUT2D eigenvalue weighted by Crippen LogP contribution is -2.29. The van der Waals surface area contributed by atoms with Gasteiger partial charge in [0.15, 0.2) is 0 Å². The lowest BCUT2D eigenvalue weighted by atomic mass is 10.1. The molecule has 0 radical (unpaired) electrons. The average Bonchev–Trinajstić information content (AvgIpc) is 2.28. The minimum Gasteiger partial charge on any atom is -0.357 e. The SMILES string of the molecule is CCCC(C)N(C)c1cc(C#N)ccn1. The van der Waals surface area contributed by atoms with Gasteiger partial charge in [0.1, 0.15) is 5.82 Å². The Morgan fingerprint density at radius 3 is 2.93 bits per heavy atom. The van der Waals surface area contributed by atoms with Crippen LogP contribution in [-0.2, 0) is 0 Å². The van der Waals surface area contributed by atoms with Gasteiger partial charge in [0, 0.05) is 19.3 Å². The topological polar surface area (TPSA) is 39.9 Å². The van der Waals surface area contributed by atoms with Crippen LogP contribution in [0.5, 0.6) is 0 Å². The van der Waals surface area contributed by atoms with Crippen molar-refractivity contribution in [3.63, 3.8) is 0 Å². The molecule has 0 bridgehead atoms. The normalized spacial score (nSPS) is 11.9. The molecular formula is C12H17N3. The zero-order valence-corrected chi connectivity index (χ0v) is 9.57. The first-order valence-electron chi connectivity index (χ1n) is 5.28. The molecule has 80 valence electrons. The molecule has 0 aliphatic rings. The summed E-state index contributed by atoms with van der Waals surface area (Å²) >= 11 is 0. The van der Waals surface area contributed by atoms with Crippen LogP contribution in [0.15, 0.2) is 18.3 Å². The Bertz CT molecular complexity index is 354. The first kappa shape index (κ1) is 11.5. The highest BCUT2D eigenvalue weighted by atomic mass is 15.2. The van der Waals surface area contributed by atoms with Gasteiger partial charge < -0.3 is 4.90 Å².